The molecule has 1 unspecified atom stereocenters. The number of amides is 2. The molecule has 0 N–H and O–H groups in total. The lowest BCUT2D eigenvalue weighted by Gasteiger charge is -2.20. The smallest absolute Gasteiger partial charge is 0.343 e. The van der Waals surface area contributed by atoms with Crippen molar-refractivity contribution >= 4 is 23.8 Å². The van der Waals surface area contributed by atoms with Crippen LogP contribution in [0.1, 0.15) is 116 Å². The van der Waals surface area contributed by atoms with Gasteiger partial charge in [0.05, 0.1) is 29.9 Å². The number of carbonyl (C=O) groups excluding carboxylic acids is 4. The lowest BCUT2D eigenvalue weighted by molar-refractivity contribution is -0.147. The van der Waals surface area contributed by atoms with Gasteiger partial charge in [0.2, 0.25) is 0 Å². The zero-order chi connectivity index (χ0) is 32.9. The molecule has 8 nitrogen and oxygen atoms in total. The van der Waals surface area contributed by atoms with Crippen LogP contribution in [0.4, 0.5) is 0 Å². The van der Waals surface area contributed by atoms with E-state index in [9.17, 15) is 19.2 Å². The highest BCUT2D eigenvalue weighted by atomic mass is 16.5. The zero-order valence-electron chi connectivity index (χ0n) is 27.2. The maximum absolute atomic E-state index is 13.1. The Kier molecular flexibility index (Phi) is 12.9. The summed E-state index contributed by atoms with van der Waals surface area (Å²) in [6.45, 7) is 6.60. The molecule has 0 bridgehead atoms. The number of carbonyl (C=O) groups is 4. The summed E-state index contributed by atoms with van der Waals surface area (Å²) < 4.78 is 16.7. The number of hydrogen-bond acceptors (Lipinski definition) is 7. The number of esters is 2. The molecule has 3 aromatic rings. The van der Waals surface area contributed by atoms with Crippen molar-refractivity contribution in [2.45, 2.75) is 91.0 Å². The number of hydrogen-bond donors (Lipinski definition) is 0. The Balaban J connectivity index is 1.28. The van der Waals surface area contributed by atoms with Gasteiger partial charge in [-0.2, -0.15) is 0 Å². The molecule has 0 spiro atoms. The average Bonchev–Trinajstić information content (AvgIpc) is 3.32. The Labute approximate surface area is 272 Å². The summed E-state index contributed by atoms with van der Waals surface area (Å²) in [4.78, 5) is 52.2. The number of ether oxygens (including phenoxy) is 3. The van der Waals surface area contributed by atoms with Crippen LogP contribution in [0.3, 0.4) is 0 Å². The molecule has 3 aromatic carbocycles. The third-order valence-corrected chi connectivity index (χ3v) is 8.14. The summed E-state index contributed by atoms with van der Waals surface area (Å²) in [5.41, 5.74) is 2.26. The van der Waals surface area contributed by atoms with E-state index in [4.69, 9.17) is 14.2 Å². The minimum Gasteiger partial charge on any atom is -0.494 e. The van der Waals surface area contributed by atoms with E-state index in [1.165, 1.54) is 70.1 Å². The van der Waals surface area contributed by atoms with Crippen LogP contribution in [-0.2, 0) is 9.53 Å². The molecule has 0 saturated carbocycles. The molecule has 8 heteroatoms. The maximum Gasteiger partial charge on any atom is 0.343 e. The maximum atomic E-state index is 13.1. The molecule has 0 aromatic heterocycles. The van der Waals surface area contributed by atoms with Crippen LogP contribution in [0.15, 0.2) is 66.7 Å². The Morgan fingerprint density at radius 3 is 1.85 bits per heavy atom. The van der Waals surface area contributed by atoms with E-state index in [1.54, 1.807) is 12.1 Å². The third-order valence-electron chi connectivity index (χ3n) is 8.14. The highest BCUT2D eigenvalue weighted by Gasteiger charge is 2.42. The molecular formula is C38H45NO7. The molecule has 4 rings (SSSR count). The van der Waals surface area contributed by atoms with Gasteiger partial charge in [-0.3, -0.25) is 14.5 Å². The fourth-order valence-corrected chi connectivity index (χ4v) is 5.33. The van der Waals surface area contributed by atoms with Gasteiger partial charge >= 0.3 is 11.9 Å². The first-order chi connectivity index (χ1) is 22.3. The molecule has 1 aliphatic rings. The van der Waals surface area contributed by atoms with Gasteiger partial charge in [0.25, 0.3) is 11.8 Å². The minimum absolute atomic E-state index is 0.0493. The summed E-state index contributed by atoms with van der Waals surface area (Å²) in [6, 6.07) is 18.2. The largest absolute Gasteiger partial charge is 0.494 e. The van der Waals surface area contributed by atoms with Gasteiger partial charge in [-0.1, -0.05) is 89.5 Å². The number of benzene rings is 3. The molecule has 0 radical (unpaired) electrons. The first-order valence-corrected chi connectivity index (χ1v) is 16.6. The second kappa shape index (κ2) is 17.3. The van der Waals surface area contributed by atoms with Crippen LogP contribution in [0.2, 0.25) is 0 Å². The van der Waals surface area contributed by atoms with Crippen molar-refractivity contribution in [1.82, 2.24) is 4.90 Å². The van der Waals surface area contributed by atoms with Gasteiger partial charge in [-0.15, -0.1) is 0 Å². The van der Waals surface area contributed by atoms with Crippen molar-refractivity contribution in [3.05, 3.63) is 83.4 Å². The summed E-state index contributed by atoms with van der Waals surface area (Å²) in [5, 5.41) is 0. The first-order valence-electron chi connectivity index (χ1n) is 16.6. The van der Waals surface area contributed by atoms with Crippen LogP contribution in [0.25, 0.3) is 11.1 Å². The molecule has 46 heavy (non-hydrogen) atoms. The van der Waals surface area contributed by atoms with Gasteiger partial charge in [0.15, 0.2) is 0 Å². The van der Waals surface area contributed by atoms with Crippen molar-refractivity contribution in [3.8, 4) is 22.6 Å². The SMILES string of the molecule is CCCCCCCCCCOc1ccc(-c2ccc(OC(=O)c3ccc4c(c3)C(=O)N(C(C)C(=O)OCCCC)C4=O)cc2)cc1. The van der Waals surface area contributed by atoms with E-state index in [0.717, 1.165) is 34.6 Å². The van der Waals surface area contributed by atoms with E-state index in [0.29, 0.717) is 18.8 Å². The van der Waals surface area contributed by atoms with Crippen LogP contribution in [0, 0.1) is 0 Å². The average molecular weight is 628 g/mol. The fourth-order valence-electron chi connectivity index (χ4n) is 5.33. The molecule has 244 valence electrons. The second-order valence-corrected chi connectivity index (χ2v) is 11.7. The van der Waals surface area contributed by atoms with E-state index in [2.05, 4.69) is 6.92 Å². The highest BCUT2D eigenvalue weighted by Crippen LogP contribution is 2.28. The van der Waals surface area contributed by atoms with Crippen molar-refractivity contribution < 1.29 is 33.4 Å². The number of rotatable bonds is 18. The lowest BCUT2D eigenvalue weighted by atomic mass is 10.1. The molecule has 0 fully saturated rings. The third kappa shape index (κ3) is 9.05. The Bertz CT molecular complexity index is 1480. The first kappa shape index (κ1) is 34.4. The van der Waals surface area contributed by atoms with Crippen molar-refractivity contribution in [1.29, 1.82) is 0 Å². The summed E-state index contributed by atoms with van der Waals surface area (Å²) in [7, 11) is 0. The predicted octanol–water partition coefficient (Wildman–Crippen LogP) is 8.42. The van der Waals surface area contributed by atoms with E-state index < -0.39 is 29.8 Å². The normalized spacial score (nSPS) is 13.0. The highest BCUT2D eigenvalue weighted by molar-refractivity contribution is 6.23. The number of unbranched alkanes of at least 4 members (excludes halogenated alkanes) is 8. The monoisotopic (exact) mass is 627 g/mol. The molecule has 0 aliphatic carbocycles. The number of fused-ring (bicyclic) bond motifs is 1. The topological polar surface area (TPSA) is 99.2 Å². The van der Waals surface area contributed by atoms with Crippen molar-refractivity contribution in [2.75, 3.05) is 13.2 Å². The second-order valence-electron chi connectivity index (χ2n) is 11.7. The fraction of sp³-hybridized carbons (Fsp3) is 0.421. The predicted molar refractivity (Wildman–Crippen MR) is 177 cm³/mol. The quantitative estimate of drug-likeness (QED) is 0.0604. The van der Waals surface area contributed by atoms with Crippen LogP contribution in [-0.4, -0.2) is 47.9 Å². The van der Waals surface area contributed by atoms with Crippen LogP contribution in [0.5, 0.6) is 11.5 Å². The molecule has 0 saturated heterocycles. The summed E-state index contributed by atoms with van der Waals surface area (Å²) in [5.74, 6) is -1.38. The Morgan fingerprint density at radius 2 is 1.22 bits per heavy atom. The Morgan fingerprint density at radius 1 is 0.652 bits per heavy atom. The van der Waals surface area contributed by atoms with Crippen molar-refractivity contribution in [2.24, 2.45) is 0 Å². The van der Waals surface area contributed by atoms with Gasteiger partial charge in [0, 0.05) is 0 Å². The number of nitrogens with zero attached hydrogens (tertiary/aromatic N) is 1. The lowest BCUT2D eigenvalue weighted by Crippen LogP contribution is -2.43. The zero-order valence-corrected chi connectivity index (χ0v) is 27.2. The van der Waals surface area contributed by atoms with Gasteiger partial charge < -0.3 is 14.2 Å². The minimum atomic E-state index is -1.08. The Hall–Kier alpha value is -4.46. The molecule has 1 aliphatic heterocycles. The van der Waals surface area contributed by atoms with Crippen LogP contribution >= 0.6 is 0 Å². The molecular weight excluding hydrogens is 582 g/mol. The molecule has 1 heterocycles. The van der Waals surface area contributed by atoms with E-state index in [-0.39, 0.29) is 23.3 Å². The van der Waals surface area contributed by atoms with Gasteiger partial charge in [-0.05, 0) is 73.4 Å². The summed E-state index contributed by atoms with van der Waals surface area (Å²) in [6.07, 6.45) is 11.7. The van der Waals surface area contributed by atoms with E-state index in [1.807, 2.05) is 43.3 Å². The molecule has 2 amide bonds. The standard InChI is InChI=1S/C38H45NO7/c1-4-6-8-9-10-11-12-13-25-44-31-19-14-28(15-20-31)29-16-21-32(22-17-29)46-38(43)30-18-23-33-34(26-30)36(41)39(35(33)40)27(3)37(42)45-24-7-5-2/h14-23,26-27H,4-13,24-25H2,1-3H3. The van der Waals surface area contributed by atoms with Crippen LogP contribution < -0.4 is 9.47 Å². The molecule has 1 atom stereocenters. The van der Waals surface area contributed by atoms with E-state index >= 15 is 0 Å². The van der Waals surface area contributed by atoms with Gasteiger partial charge in [-0.25, -0.2) is 9.59 Å². The summed E-state index contributed by atoms with van der Waals surface area (Å²) >= 11 is 0. The van der Waals surface area contributed by atoms with Gasteiger partial charge in [0.1, 0.15) is 17.5 Å². The van der Waals surface area contributed by atoms with Crippen molar-refractivity contribution in [3.63, 3.8) is 0 Å². The number of imide groups is 1.